The first-order chi connectivity index (χ1) is 8.15. The van der Waals surface area contributed by atoms with Crippen molar-refractivity contribution in [2.24, 2.45) is 5.73 Å². The van der Waals surface area contributed by atoms with Gasteiger partial charge in [0.15, 0.2) is 0 Å². The lowest BCUT2D eigenvalue weighted by Gasteiger charge is -2.06. The molecule has 2 aromatic rings. The molecule has 2 rings (SSSR count). The monoisotopic (exact) mass is 237 g/mol. The van der Waals surface area contributed by atoms with Crippen LogP contribution in [0.25, 0.3) is 11.4 Å². The van der Waals surface area contributed by atoms with Crippen LogP contribution in [0.2, 0.25) is 0 Å². The van der Waals surface area contributed by atoms with Crippen LogP contribution >= 0.6 is 0 Å². The van der Waals surface area contributed by atoms with Crippen molar-refractivity contribution >= 4 is 0 Å². The normalized spacial score (nSPS) is 10.6. The van der Waals surface area contributed by atoms with Crippen LogP contribution in [0.3, 0.4) is 0 Å². The molecule has 6 heteroatoms. The number of methoxy groups -OCH3 is 1. The fourth-order valence-corrected chi connectivity index (χ4v) is 1.45. The van der Waals surface area contributed by atoms with Crippen LogP contribution in [0.1, 0.15) is 11.5 Å². The van der Waals surface area contributed by atoms with Crippen molar-refractivity contribution in [3.63, 3.8) is 0 Å². The summed E-state index contributed by atoms with van der Waals surface area (Å²) in [6, 6.07) is 2.91. The zero-order valence-corrected chi connectivity index (χ0v) is 9.53. The van der Waals surface area contributed by atoms with Crippen LogP contribution in [-0.2, 0) is 6.54 Å². The first-order valence-corrected chi connectivity index (χ1v) is 5.03. The van der Waals surface area contributed by atoms with E-state index in [1.165, 1.54) is 13.2 Å². The third kappa shape index (κ3) is 2.12. The lowest BCUT2D eigenvalue weighted by Crippen LogP contribution is -1.96. The van der Waals surface area contributed by atoms with Crippen LogP contribution in [0, 0.1) is 12.7 Å². The molecule has 90 valence electrons. The molecule has 0 bridgehead atoms. The van der Waals surface area contributed by atoms with Gasteiger partial charge in [-0.05, 0) is 18.6 Å². The quantitative estimate of drug-likeness (QED) is 0.878. The van der Waals surface area contributed by atoms with Crippen LogP contribution < -0.4 is 10.5 Å². The van der Waals surface area contributed by atoms with E-state index in [2.05, 4.69) is 10.1 Å². The summed E-state index contributed by atoms with van der Waals surface area (Å²) in [6.07, 6.45) is 0. The second kappa shape index (κ2) is 4.50. The summed E-state index contributed by atoms with van der Waals surface area (Å²) in [4.78, 5) is 4.07. The molecule has 0 unspecified atom stereocenters. The summed E-state index contributed by atoms with van der Waals surface area (Å²) in [7, 11) is 1.46. The van der Waals surface area contributed by atoms with E-state index in [4.69, 9.17) is 15.0 Å². The molecule has 0 radical (unpaired) electrons. The fourth-order valence-electron chi connectivity index (χ4n) is 1.45. The van der Waals surface area contributed by atoms with Crippen LogP contribution in [-0.4, -0.2) is 17.3 Å². The Morgan fingerprint density at radius 3 is 2.82 bits per heavy atom. The first-order valence-electron chi connectivity index (χ1n) is 5.03. The summed E-state index contributed by atoms with van der Waals surface area (Å²) >= 11 is 0. The Morgan fingerprint density at radius 2 is 2.24 bits per heavy atom. The average Bonchev–Trinajstić information content (AvgIpc) is 2.80. The molecule has 1 heterocycles. The molecule has 0 aliphatic rings. The van der Waals surface area contributed by atoms with Crippen molar-refractivity contribution in [2.45, 2.75) is 13.5 Å². The van der Waals surface area contributed by atoms with E-state index in [0.29, 0.717) is 28.6 Å². The Labute approximate surface area is 97.4 Å². The molecular formula is C11H12FN3O2. The molecular weight excluding hydrogens is 225 g/mol. The van der Waals surface area contributed by atoms with Crippen molar-refractivity contribution in [3.8, 4) is 17.1 Å². The van der Waals surface area contributed by atoms with E-state index in [1.807, 2.05) is 0 Å². The molecule has 0 spiro atoms. The number of nitrogens with zero attached hydrogens (tertiary/aromatic N) is 2. The van der Waals surface area contributed by atoms with Gasteiger partial charge in [0.2, 0.25) is 11.7 Å². The number of hydrogen-bond donors (Lipinski definition) is 1. The molecule has 1 aromatic heterocycles. The number of halogens is 1. The minimum absolute atomic E-state index is 0.162. The van der Waals surface area contributed by atoms with E-state index in [0.717, 1.165) is 0 Å². The van der Waals surface area contributed by atoms with Gasteiger partial charge in [0, 0.05) is 6.07 Å². The van der Waals surface area contributed by atoms with Gasteiger partial charge < -0.3 is 15.0 Å². The lowest BCUT2D eigenvalue weighted by molar-refractivity contribution is 0.379. The van der Waals surface area contributed by atoms with Crippen molar-refractivity contribution < 1.29 is 13.7 Å². The zero-order chi connectivity index (χ0) is 12.4. The molecule has 5 nitrogen and oxygen atoms in total. The van der Waals surface area contributed by atoms with Crippen molar-refractivity contribution in [1.82, 2.24) is 10.1 Å². The highest BCUT2D eigenvalue weighted by Gasteiger charge is 2.15. The average molecular weight is 237 g/mol. The number of rotatable bonds is 3. The van der Waals surface area contributed by atoms with E-state index in [9.17, 15) is 4.39 Å². The van der Waals surface area contributed by atoms with Gasteiger partial charge in [0.05, 0.1) is 19.2 Å². The van der Waals surface area contributed by atoms with Gasteiger partial charge in [0.1, 0.15) is 11.6 Å². The van der Waals surface area contributed by atoms with Gasteiger partial charge in [-0.15, -0.1) is 0 Å². The third-order valence-corrected chi connectivity index (χ3v) is 2.36. The molecule has 17 heavy (non-hydrogen) atoms. The van der Waals surface area contributed by atoms with Gasteiger partial charge >= 0.3 is 0 Å². The Kier molecular flexibility index (Phi) is 3.06. The highest BCUT2D eigenvalue weighted by atomic mass is 19.1. The molecule has 0 saturated heterocycles. The largest absolute Gasteiger partial charge is 0.496 e. The molecule has 0 amide bonds. The number of aryl methyl sites for hydroxylation is 1. The molecule has 0 aliphatic heterocycles. The molecule has 2 N–H and O–H groups in total. The maximum Gasteiger partial charge on any atom is 0.240 e. The fraction of sp³-hybridized carbons (Fsp3) is 0.273. The third-order valence-electron chi connectivity index (χ3n) is 2.36. The highest BCUT2D eigenvalue weighted by molar-refractivity contribution is 5.64. The van der Waals surface area contributed by atoms with Crippen molar-refractivity contribution in [3.05, 3.63) is 29.4 Å². The summed E-state index contributed by atoms with van der Waals surface area (Å²) in [6.45, 7) is 1.82. The van der Waals surface area contributed by atoms with Gasteiger partial charge in [0.25, 0.3) is 0 Å². The highest BCUT2D eigenvalue weighted by Crippen LogP contribution is 2.30. The maximum absolute atomic E-state index is 13.4. The number of nitrogens with two attached hydrogens (primary N) is 1. The summed E-state index contributed by atoms with van der Waals surface area (Å²) in [5.74, 6) is 0.681. The van der Waals surface area contributed by atoms with Gasteiger partial charge in [-0.2, -0.15) is 4.98 Å². The van der Waals surface area contributed by atoms with E-state index < -0.39 is 0 Å². The van der Waals surface area contributed by atoms with Crippen LogP contribution in [0.15, 0.2) is 16.7 Å². The second-order valence-corrected chi connectivity index (χ2v) is 3.52. The summed E-state index contributed by atoms with van der Waals surface area (Å²) in [5.41, 5.74) is 6.44. The minimum Gasteiger partial charge on any atom is -0.496 e. The number of ether oxygens (including phenoxy) is 1. The van der Waals surface area contributed by atoms with Crippen molar-refractivity contribution in [1.29, 1.82) is 0 Å². The Morgan fingerprint density at radius 1 is 1.47 bits per heavy atom. The molecule has 1 aromatic carbocycles. The van der Waals surface area contributed by atoms with E-state index in [1.54, 1.807) is 13.0 Å². The van der Waals surface area contributed by atoms with Gasteiger partial charge in [-0.3, -0.25) is 0 Å². The second-order valence-electron chi connectivity index (χ2n) is 3.52. The Balaban J connectivity index is 2.53. The predicted molar refractivity (Wildman–Crippen MR) is 58.9 cm³/mol. The van der Waals surface area contributed by atoms with Crippen LogP contribution in [0.5, 0.6) is 5.75 Å². The molecule has 0 atom stereocenters. The predicted octanol–water partition coefficient (Wildman–Crippen LogP) is 1.65. The summed E-state index contributed by atoms with van der Waals surface area (Å²) in [5, 5.41) is 3.77. The maximum atomic E-state index is 13.4. The van der Waals surface area contributed by atoms with Gasteiger partial charge in [-0.25, -0.2) is 4.39 Å². The van der Waals surface area contributed by atoms with E-state index >= 15 is 0 Å². The first kappa shape index (κ1) is 11.5. The topological polar surface area (TPSA) is 74.2 Å². The SMILES string of the molecule is COc1cc(F)c(C)cc1-c1noc(CN)n1. The number of aromatic nitrogens is 2. The molecule has 0 aliphatic carbocycles. The number of benzene rings is 1. The summed E-state index contributed by atoms with van der Waals surface area (Å²) < 4.78 is 23.4. The zero-order valence-electron chi connectivity index (χ0n) is 9.53. The van der Waals surface area contributed by atoms with E-state index in [-0.39, 0.29) is 12.4 Å². The molecule has 0 saturated carbocycles. The van der Waals surface area contributed by atoms with Crippen molar-refractivity contribution in [2.75, 3.05) is 7.11 Å². The lowest BCUT2D eigenvalue weighted by atomic mass is 10.1. The number of hydrogen-bond acceptors (Lipinski definition) is 5. The Bertz CT molecular complexity index is 540. The minimum atomic E-state index is -0.340. The molecule has 0 fully saturated rings. The Hall–Kier alpha value is -1.95. The standard InChI is InChI=1S/C11H12FN3O2/c1-6-3-7(9(16-2)4-8(6)12)11-14-10(5-13)17-15-11/h3-4H,5,13H2,1-2H3. The van der Waals surface area contributed by atoms with Crippen LogP contribution in [0.4, 0.5) is 4.39 Å². The smallest absolute Gasteiger partial charge is 0.240 e. The van der Waals surface area contributed by atoms with Gasteiger partial charge in [-0.1, -0.05) is 5.16 Å².